The van der Waals surface area contributed by atoms with Crippen molar-refractivity contribution in [3.05, 3.63) is 58.1 Å². The molecule has 1 amide bonds. The van der Waals surface area contributed by atoms with Crippen LogP contribution in [0.2, 0.25) is 5.02 Å². The lowest BCUT2D eigenvalue weighted by atomic mass is 9.82. The van der Waals surface area contributed by atoms with Gasteiger partial charge in [0.1, 0.15) is 0 Å². The number of amides is 1. The van der Waals surface area contributed by atoms with Gasteiger partial charge in [-0.1, -0.05) is 35.9 Å². The molecule has 0 bridgehead atoms. The number of rotatable bonds is 3. The van der Waals surface area contributed by atoms with Crippen LogP contribution >= 0.6 is 24.0 Å². The highest BCUT2D eigenvalue weighted by atomic mass is 35.5. The first-order valence-electron chi connectivity index (χ1n) is 8.54. The number of hydrogen-bond acceptors (Lipinski definition) is 3. The first-order valence-corrected chi connectivity index (χ1v) is 8.92. The molecule has 4 rings (SSSR count). The van der Waals surface area contributed by atoms with Crippen LogP contribution in [0.15, 0.2) is 36.4 Å². The van der Waals surface area contributed by atoms with Gasteiger partial charge in [0.25, 0.3) is 0 Å². The molecule has 6 heteroatoms. The fourth-order valence-corrected chi connectivity index (χ4v) is 3.99. The van der Waals surface area contributed by atoms with Crippen molar-refractivity contribution >= 4 is 41.3 Å². The van der Waals surface area contributed by atoms with Gasteiger partial charge in [-0.05, 0) is 49.6 Å². The summed E-state index contributed by atoms with van der Waals surface area (Å²) >= 11 is 6.58. The Morgan fingerprint density at radius 2 is 1.85 bits per heavy atom. The maximum absolute atomic E-state index is 12.2. The highest BCUT2D eigenvalue weighted by Crippen LogP contribution is 2.41. The Morgan fingerprint density at radius 1 is 1.12 bits per heavy atom. The van der Waals surface area contributed by atoms with Crippen molar-refractivity contribution in [1.82, 2.24) is 5.32 Å². The van der Waals surface area contributed by atoms with Crippen LogP contribution in [0, 0.1) is 6.92 Å². The molecule has 1 saturated heterocycles. The maximum Gasteiger partial charge on any atom is 0.234 e. The summed E-state index contributed by atoms with van der Waals surface area (Å²) < 4.78 is 0. The second-order valence-corrected chi connectivity index (χ2v) is 7.96. The Balaban J connectivity index is 0.00000196. The predicted molar refractivity (Wildman–Crippen MR) is 110 cm³/mol. The Morgan fingerprint density at radius 3 is 2.50 bits per heavy atom. The van der Waals surface area contributed by atoms with Crippen LogP contribution in [0.3, 0.4) is 0 Å². The fraction of sp³-hybridized carbons (Fsp3) is 0.350. The molecule has 2 aliphatic heterocycles. The number of hydrogen-bond donors (Lipinski definition) is 3. The smallest absolute Gasteiger partial charge is 0.234 e. The van der Waals surface area contributed by atoms with Crippen molar-refractivity contribution in [3.8, 4) is 0 Å². The standard InChI is InChI=1S/C20H22ClN3O.ClH/c1-12-5-4-6-15(17(12)21)20(10-22-11-20)24-13-7-8-14-16(9-13)23-18(25)19(14,2)3;/h4-9,22,24H,10-11H2,1-3H3,(H,23,25);1H. The third-order valence-corrected chi connectivity index (χ3v) is 5.95. The summed E-state index contributed by atoms with van der Waals surface area (Å²) in [5.74, 6) is 0.0430. The SMILES string of the molecule is Cc1cccc(C2(Nc3ccc4c(c3)NC(=O)C4(C)C)CNC2)c1Cl.Cl. The summed E-state index contributed by atoms with van der Waals surface area (Å²) in [4.78, 5) is 12.2. The van der Waals surface area contributed by atoms with Gasteiger partial charge in [0.15, 0.2) is 0 Å². The van der Waals surface area contributed by atoms with Crippen LogP contribution in [0.5, 0.6) is 0 Å². The molecule has 138 valence electrons. The minimum Gasteiger partial charge on any atom is -0.373 e. The molecule has 2 aromatic rings. The van der Waals surface area contributed by atoms with E-state index in [2.05, 4.69) is 22.0 Å². The molecular weight excluding hydrogens is 369 g/mol. The number of halogens is 2. The molecule has 0 atom stereocenters. The monoisotopic (exact) mass is 391 g/mol. The molecule has 0 aliphatic carbocycles. The van der Waals surface area contributed by atoms with Crippen LogP contribution in [-0.4, -0.2) is 19.0 Å². The zero-order valence-electron chi connectivity index (χ0n) is 15.1. The van der Waals surface area contributed by atoms with Crippen molar-refractivity contribution < 1.29 is 4.79 Å². The van der Waals surface area contributed by atoms with Crippen LogP contribution in [0.4, 0.5) is 11.4 Å². The summed E-state index contributed by atoms with van der Waals surface area (Å²) in [5, 5.41) is 10.8. The van der Waals surface area contributed by atoms with Gasteiger partial charge in [-0.15, -0.1) is 12.4 Å². The van der Waals surface area contributed by atoms with Crippen molar-refractivity contribution in [2.45, 2.75) is 31.7 Å². The molecular formula is C20H23Cl2N3O. The van der Waals surface area contributed by atoms with Crippen LogP contribution in [0.1, 0.15) is 30.5 Å². The average Bonchev–Trinajstić information content (AvgIpc) is 2.75. The van der Waals surface area contributed by atoms with Crippen molar-refractivity contribution in [3.63, 3.8) is 0 Å². The highest BCUT2D eigenvalue weighted by Gasteiger charge is 2.42. The zero-order chi connectivity index (χ0) is 17.8. The van der Waals surface area contributed by atoms with Crippen molar-refractivity contribution in [2.24, 2.45) is 0 Å². The summed E-state index contributed by atoms with van der Waals surface area (Å²) in [6, 6.07) is 12.3. The van der Waals surface area contributed by atoms with Gasteiger partial charge in [0.2, 0.25) is 5.91 Å². The summed E-state index contributed by atoms with van der Waals surface area (Å²) in [6.07, 6.45) is 0. The topological polar surface area (TPSA) is 53.2 Å². The number of fused-ring (bicyclic) bond motifs is 1. The number of anilines is 2. The van der Waals surface area contributed by atoms with Gasteiger partial charge in [0, 0.05) is 29.5 Å². The normalized spacial score (nSPS) is 19.0. The molecule has 0 unspecified atom stereocenters. The van der Waals surface area contributed by atoms with Gasteiger partial charge in [-0.25, -0.2) is 0 Å². The fourth-order valence-electron chi connectivity index (χ4n) is 3.69. The Labute approximate surface area is 165 Å². The molecule has 0 spiro atoms. The molecule has 2 heterocycles. The Hall–Kier alpha value is -1.75. The third-order valence-electron chi connectivity index (χ3n) is 5.45. The van der Waals surface area contributed by atoms with Gasteiger partial charge in [-0.2, -0.15) is 0 Å². The predicted octanol–water partition coefficient (Wildman–Crippen LogP) is 4.21. The van der Waals surface area contributed by atoms with Crippen LogP contribution in [0.25, 0.3) is 0 Å². The van der Waals surface area contributed by atoms with Gasteiger partial charge < -0.3 is 16.0 Å². The molecule has 0 aromatic heterocycles. The van der Waals surface area contributed by atoms with Crippen LogP contribution in [-0.2, 0) is 15.7 Å². The van der Waals surface area contributed by atoms with E-state index < -0.39 is 5.41 Å². The lowest BCUT2D eigenvalue weighted by Gasteiger charge is -2.45. The lowest BCUT2D eigenvalue weighted by Crippen LogP contribution is -2.61. The molecule has 26 heavy (non-hydrogen) atoms. The zero-order valence-corrected chi connectivity index (χ0v) is 16.6. The molecule has 0 saturated carbocycles. The third kappa shape index (κ3) is 2.77. The van der Waals surface area contributed by atoms with E-state index >= 15 is 0 Å². The average molecular weight is 392 g/mol. The molecule has 4 nitrogen and oxygen atoms in total. The van der Waals surface area contributed by atoms with Crippen molar-refractivity contribution in [2.75, 3.05) is 23.7 Å². The quantitative estimate of drug-likeness (QED) is 0.734. The van der Waals surface area contributed by atoms with Crippen molar-refractivity contribution in [1.29, 1.82) is 0 Å². The van der Waals surface area contributed by atoms with E-state index in [9.17, 15) is 4.79 Å². The summed E-state index contributed by atoms with van der Waals surface area (Å²) in [6.45, 7) is 7.55. The molecule has 1 fully saturated rings. The minimum atomic E-state index is -0.483. The first-order chi connectivity index (χ1) is 11.8. The Bertz CT molecular complexity index is 875. The van der Waals surface area contributed by atoms with E-state index in [0.717, 1.165) is 46.2 Å². The first kappa shape index (κ1) is 19.0. The minimum absolute atomic E-state index is 0. The van der Waals surface area contributed by atoms with Gasteiger partial charge in [-0.3, -0.25) is 4.79 Å². The van der Waals surface area contributed by atoms with Gasteiger partial charge in [0.05, 0.1) is 11.0 Å². The molecule has 2 aromatic carbocycles. The summed E-state index contributed by atoms with van der Waals surface area (Å²) in [5.41, 5.74) is 4.39. The second kappa shape index (κ2) is 6.45. The highest BCUT2D eigenvalue weighted by molar-refractivity contribution is 6.32. The largest absolute Gasteiger partial charge is 0.373 e. The number of benzene rings is 2. The van der Waals surface area contributed by atoms with E-state index in [1.165, 1.54) is 0 Å². The number of nitrogens with one attached hydrogen (secondary N) is 3. The van der Waals surface area contributed by atoms with E-state index in [4.69, 9.17) is 11.6 Å². The van der Waals surface area contributed by atoms with Crippen LogP contribution < -0.4 is 16.0 Å². The maximum atomic E-state index is 12.2. The molecule has 0 radical (unpaired) electrons. The number of aryl methyl sites for hydroxylation is 1. The molecule has 3 N–H and O–H groups in total. The second-order valence-electron chi connectivity index (χ2n) is 7.59. The summed E-state index contributed by atoms with van der Waals surface area (Å²) in [7, 11) is 0. The van der Waals surface area contributed by atoms with E-state index in [-0.39, 0.29) is 23.9 Å². The number of carbonyl (C=O) groups excluding carboxylic acids is 1. The number of carbonyl (C=O) groups is 1. The van der Waals surface area contributed by atoms with E-state index in [1.54, 1.807) is 0 Å². The van der Waals surface area contributed by atoms with E-state index in [1.807, 2.05) is 51.1 Å². The Kier molecular flexibility index (Phi) is 4.72. The molecule has 2 aliphatic rings. The lowest BCUT2D eigenvalue weighted by molar-refractivity contribution is -0.119. The van der Waals surface area contributed by atoms with E-state index in [0.29, 0.717) is 0 Å². The van der Waals surface area contributed by atoms with Gasteiger partial charge >= 0.3 is 0 Å².